The van der Waals surface area contributed by atoms with Gasteiger partial charge >= 0.3 is 0 Å². The van der Waals surface area contributed by atoms with Gasteiger partial charge in [0.05, 0.1) is 30.2 Å². The number of nitrogens with one attached hydrogen (secondary N) is 2. The summed E-state index contributed by atoms with van der Waals surface area (Å²) in [6.45, 7) is 9.83. The van der Waals surface area contributed by atoms with E-state index in [-0.39, 0.29) is 16.9 Å². The molecule has 2 N–H and O–H groups in total. The van der Waals surface area contributed by atoms with E-state index in [4.69, 9.17) is 9.47 Å². The molecule has 7 nitrogen and oxygen atoms in total. The topological polar surface area (TPSA) is 79.9 Å². The zero-order valence-corrected chi connectivity index (χ0v) is 18.3. The number of hydrogen-bond donors (Lipinski definition) is 2. The number of amides is 2. The molecule has 2 aromatic carbocycles. The van der Waals surface area contributed by atoms with Crippen LogP contribution in [0.1, 0.15) is 38.1 Å². The summed E-state index contributed by atoms with van der Waals surface area (Å²) in [5, 5.41) is 5.20. The Hall–Kier alpha value is -3.13. The summed E-state index contributed by atoms with van der Waals surface area (Å²) in [5.74, 6) is -0.925. The number of ether oxygens (including phenoxy) is 2. The van der Waals surface area contributed by atoms with Crippen molar-refractivity contribution in [1.29, 1.82) is 0 Å². The Balaban J connectivity index is 1.82. The maximum atomic E-state index is 13.9. The minimum atomic E-state index is -0.612. The third-order valence-corrected chi connectivity index (χ3v) is 4.84. The number of benzene rings is 2. The highest BCUT2D eigenvalue weighted by atomic mass is 19.1. The second-order valence-electron chi connectivity index (χ2n) is 7.97. The standard InChI is InChI=1S/C23H28FN3O4/c1-5-30-21-13-17(27-10-11-31-23(3,4)14-27)7-9-19(21)26-22(29)16-6-8-18(24)20(12-16)25-15(2)28/h6-9,12-13H,5,10-11,14H2,1-4H3,(H,25,28)(H,26,29). The minimum Gasteiger partial charge on any atom is -0.492 e. The predicted octanol–water partition coefficient (Wildman–Crippen LogP) is 4.05. The number of carbonyl (C=O) groups is 2. The number of anilines is 3. The molecule has 0 unspecified atom stereocenters. The highest BCUT2D eigenvalue weighted by molar-refractivity contribution is 6.06. The number of nitrogens with zero attached hydrogens (tertiary/aromatic N) is 1. The zero-order chi connectivity index (χ0) is 22.6. The molecular weight excluding hydrogens is 401 g/mol. The monoisotopic (exact) mass is 429 g/mol. The number of halogens is 1. The molecule has 3 rings (SSSR count). The molecule has 0 atom stereocenters. The van der Waals surface area contributed by atoms with Crippen molar-refractivity contribution in [2.75, 3.05) is 41.8 Å². The van der Waals surface area contributed by atoms with Crippen LogP contribution in [0.2, 0.25) is 0 Å². The molecule has 1 aliphatic rings. The fourth-order valence-corrected chi connectivity index (χ4v) is 3.47. The van der Waals surface area contributed by atoms with Gasteiger partial charge in [-0.15, -0.1) is 0 Å². The van der Waals surface area contributed by atoms with Crippen LogP contribution in [0, 0.1) is 5.82 Å². The molecular formula is C23H28FN3O4. The normalized spacial score (nSPS) is 15.3. The van der Waals surface area contributed by atoms with Gasteiger partial charge in [-0.2, -0.15) is 0 Å². The smallest absolute Gasteiger partial charge is 0.255 e. The molecule has 0 radical (unpaired) electrons. The van der Waals surface area contributed by atoms with Gasteiger partial charge < -0.3 is 25.0 Å². The number of morpholine rings is 1. The van der Waals surface area contributed by atoms with E-state index in [1.165, 1.54) is 19.1 Å². The fraction of sp³-hybridized carbons (Fsp3) is 0.391. The van der Waals surface area contributed by atoms with Crippen molar-refractivity contribution < 1.29 is 23.5 Å². The molecule has 31 heavy (non-hydrogen) atoms. The second kappa shape index (κ2) is 9.34. The Morgan fingerprint density at radius 3 is 2.61 bits per heavy atom. The molecule has 0 saturated carbocycles. The molecule has 0 spiro atoms. The number of rotatable bonds is 6. The van der Waals surface area contributed by atoms with E-state index in [2.05, 4.69) is 29.4 Å². The Morgan fingerprint density at radius 2 is 1.94 bits per heavy atom. The van der Waals surface area contributed by atoms with Crippen LogP contribution in [0.5, 0.6) is 5.75 Å². The number of hydrogen-bond acceptors (Lipinski definition) is 5. The molecule has 8 heteroatoms. The SMILES string of the molecule is CCOc1cc(N2CCOC(C)(C)C2)ccc1NC(=O)c1ccc(F)c(NC(C)=O)c1. The fourth-order valence-electron chi connectivity index (χ4n) is 3.47. The van der Waals surface area contributed by atoms with Gasteiger partial charge in [0, 0.05) is 37.3 Å². The van der Waals surface area contributed by atoms with Crippen LogP contribution in [-0.4, -0.2) is 43.7 Å². The van der Waals surface area contributed by atoms with Gasteiger partial charge in [0.15, 0.2) is 0 Å². The maximum Gasteiger partial charge on any atom is 0.255 e. The lowest BCUT2D eigenvalue weighted by Crippen LogP contribution is -2.48. The van der Waals surface area contributed by atoms with Crippen molar-refractivity contribution in [3.63, 3.8) is 0 Å². The Bertz CT molecular complexity index is 977. The molecule has 2 aromatic rings. The summed E-state index contributed by atoms with van der Waals surface area (Å²) in [6.07, 6.45) is 0. The molecule has 1 fully saturated rings. The molecule has 1 aliphatic heterocycles. The molecule has 0 aliphatic carbocycles. The Labute approximate surface area is 181 Å². The van der Waals surface area contributed by atoms with E-state index in [0.29, 0.717) is 24.7 Å². The largest absolute Gasteiger partial charge is 0.492 e. The molecule has 0 bridgehead atoms. The molecule has 166 valence electrons. The van der Waals surface area contributed by atoms with E-state index in [1.807, 2.05) is 19.1 Å². The van der Waals surface area contributed by atoms with Crippen LogP contribution in [0.15, 0.2) is 36.4 Å². The summed E-state index contributed by atoms with van der Waals surface area (Å²) < 4.78 is 25.4. The maximum absolute atomic E-state index is 13.9. The van der Waals surface area contributed by atoms with Crippen LogP contribution in [0.4, 0.5) is 21.5 Å². The van der Waals surface area contributed by atoms with Crippen LogP contribution in [0.25, 0.3) is 0 Å². The van der Waals surface area contributed by atoms with Crippen molar-refractivity contribution in [2.24, 2.45) is 0 Å². The Morgan fingerprint density at radius 1 is 1.16 bits per heavy atom. The lowest BCUT2D eigenvalue weighted by molar-refractivity contribution is -0.114. The van der Waals surface area contributed by atoms with Crippen molar-refractivity contribution in [2.45, 2.75) is 33.3 Å². The first kappa shape index (κ1) is 22.6. The van der Waals surface area contributed by atoms with Crippen molar-refractivity contribution >= 4 is 28.9 Å². The van der Waals surface area contributed by atoms with Crippen LogP contribution in [0.3, 0.4) is 0 Å². The average molecular weight is 429 g/mol. The van der Waals surface area contributed by atoms with Crippen LogP contribution in [-0.2, 0) is 9.53 Å². The van der Waals surface area contributed by atoms with Crippen molar-refractivity contribution in [1.82, 2.24) is 0 Å². The first-order valence-electron chi connectivity index (χ1n) is 10.2. The van der Waals surface area contributed by atoms with Crippen molar-refractivity contribution in [3.8, 4) is 5.75 Å². The van der Waals surface area contributed by atoms with Gasteiger partial charge in [-0.1, -0.05) is 0 Å². The summed E-state index contributed by atoms with van der Waals surface area (Å²) in [7, 11) is 0. The second-order valence-corrected chi connectivity index (χ2v) is 7.97. The third kappa shape index (κ3) is 5.73. The van der Waals surface area contributed by atoms with Gasteiger partial charge in [0.2, 0.25) is 5.91 Å². The first-order chi connectivity index (χ1) is 14.7. The third-order valence-electron chi connectivity index (χ3n) is 4.84. The van der Waals surface area contributed by atoms with Gasteiger partial charge in [-0.05, 0) is 51.1 Å². The lowest BCUT2D eigenvalue weighted by atomic mass is 10.1. The summed E-state index contributed by atoms with van der Waals surface area (Å²) in [5.41, 5.74) is 1.41. The lowest BCUT2D eigenvalue weighted by Gasteiger charge is -2.39. The van der Waals surface area contributed by atoms with Crippen molar-refractivity contribution in [3.05, 3.63) is 47.8 Å². The van der Waals surface area contributed by atoms with E-state index in [9.17, 15) is 14.0 Å². The van der Waals surface area contributed by atoms with Gasteiger partial charge in [0.1, 0.15) is 11.6 Å². The predicted molar refractivity (Wildman–Crippen MR) is 119 cm³/mol. The van der Waals surface area contributed by atoms with E-state index >= 15 is 0 Å². The van der Waals surface area contributed by atoms with Crippen LogP contribution >= 0.6 is 0 Å². The highest BCUT2D eigenvalue weighted by Gasteiger charge is 2.27. The van der Waals surface area contributed by atoms with E-state index < -0.39 is 17.6 Å². The minimum absolute atomic E-state index is 0.0459. The molecule has 1 heterocycles. The van der Waals surface area contributed by atoms with E-state index in [0.717, 1.165) is 24.8 Å². The Kier molecular flexibility index (Phi) is 6.80. The molecule has 1 saturated heterocycles. The molecule has 2 amide bonds. The van der Waals surface area contributed by atoms with Gasteiger partial charge in [0.25, 0.3) is 5.91 Å². The molecule has 0 aromatic heterocycles. The summed E-state index contributed by atoms with van der Waals surface area (Å²) >= 11 is 0. The first-order valence-corrected chi connectivity index (χ1v) is 10.2. The highest BCUT2D eigenvalue weighted by Crippen LogP contribution is 2.32. The van der Waals surface area contributed by atoms with E-state index in [1.54, 1.807) is 6.07 Å². The van der Waals surface area contributed by atoms with Gasteiger partial charge in [-0.3, -0.25) is 9.59 Å². The average Bonchev–Trinajstić information content (AvgIpc) is 2.70. The summed E-state index contributed by atoms with van der Waals surface area (Å²) in [6, 6.07) is 9.42. The van der Waals surface area contributed by atoms with Gasteiger partial charge in [-0.25, -0.2) is 4.39 Å². The summed E-state index contributed by atoms with van der Waals surface area (Å²) in [4.78, 5) is 26.2. The zero-order valence-electron chi connectivity index (χ0n) is 18.3. The number of carbonyl (C=O) groups excluding carboxylic acids is 2. The van der Waals surface area contributed by atoms with Crippen LogP contribution < -0.4 is 20.3 Å². The quantitative estimate of drug-likeness (QED) is 0.724.